The zero-order chi connectivity index (χ0) is 13.3. The van der Waals surface area contributed by atoms with E-state index in [1.54, 1.807) is 0 Å². The van der Waals surface area contributed by atoms with E-state index in [0.717, 1.165) is 16.6 Å². The van der Waals surface area contributed by atoms with Gasteiger partial charge in [0.15, 0.2) is 0 Å². The topological polar surface area (TPSA) is 22.0 Å². The molecule has 1 fully saturated rings. The molecular formula is C13H18BrNOS2. The minimum atomic E-state index is 0.140. The van der Waals surface area contributed by atoms with Crippen LogP contribution in [0.4, 0.5) is 0 Å². The number of halogens is 1. The van der Waals surface area contributed by atoms with Crippen LogP contribution in [0.25, 0.3) is 0 Å². The summed E-state index contributed by atoms with van der Waals surface area (Å²) in [5.74, 6) is 0.592. The van der Waals surface area contributed by atoms with Gasteiger partial charge in [0.1, 0.15) is 0 Å². The second-order valence-corrected chi connectivity index (χ2v) is 8.20. The molecule has 1 heterocycles. The monoisotopic (exact) mass is 347 g/mol. The Morgan fingerprint density at radius 3 is 2.67 bits per heavy atom. The smallest absolute Gasteiger partial charge is 0.253 e. The number of hydrogen-bond donors (Lipinski definition) is 0. The molecule has 1 saturated carbocycles. The molecule has 0 amide bonds. The van der Waals surface area contributed by atoms with E-state index in [1.165, 1.54) is 12.8 Å². The van der Waals surface area contributed by atoms with E-state index < -0.39 is 0 Å². The molecule has 0 aromatic carbocycles. The molecule has 1 aliphatic carbocycles. The fourth-order valence-electron chi connectivity index (χ4n) is 2.55. The van der Waals surface area contributed by atoms with Crippen molar-refractivity contribution in [3.05, 3.63) is 32.7 Å². The highest BCUT2D eigenvalue weighted by Gasteiger charge is 2.45. The molecule has 1 aromatic heterocycles. The average molecular weight is 348 g/mol. The standard InChI is InChI=1S/C13H18BrNOS2/c1-9-6-11(14)8-15(12(9)16)7-10-4-5-13(10,17-2)18-3/h6,8,10H,4-5,7H2,1-3H3. The van der Waals surface area contributed by atoms with Crippen molar-refractivity contribution in [3.8, 4) is 0 Å². The van der Waals surface area contributed by atoms with Crippen LogP contribution in [-0.2, 0) is 6.54 Å². The van der Waals surface area contributed by atoms with Gasteiger partial charge in [-0.1, -0.05) is 0 Å². The molecule has 2 rings (SSSR count). The van der Waals surface area contributed by atoms with Crippen LogP contribution in [-0.4, -0.2) is 21.2 Å². The molecule has 18 heavy (non-hydrogen) atoms. The summed E-state index contributed by atoms with van der Waals surface area (Å²) < 4.78 is 3.16. The molecule has 0 N–H and O–H groups in total. The summed E-state index contributed by atoms with van der Waals surface area (Å²) in [6.45, 7) is 2.71. The molecule has 1 unspecified atom stereocenters. The number of aryl methyl sites for hydroxylation is 1. The predicted molar refractivity (Wildman–Crippen MR) is 85.6 cm³/mol. The van der Waals surface area contributed by atoms with Gasteiger partial charge in [0, 0.05) is 28.7 Å². The summed E-state index contributed by atoms with van der Waals surface area (Å²) >= 11 is 7.34. The van der Waals surface area contributed by atoms with Crippen molar-refractivity contribution >= 4 is 39.5 Å². The Morgan fingerprint density at radius 2 is 2.17 bits per heavy atom. The molecule has 0 spiro atoms. The van der Waals surface area contributed by atoms with Gasteiger partial charge < -0.3 is 4.57 Å². The molecule has 0 bridgehead atoms. The zero-order valence-corrected chi connectivity index (χ0v) is 14.1. The van der Waals surface area contributed by atoms with Gasteiger partial charge in [-0.05, 0) is 54.3 Å². The SMILES string of the molecule is CSC1(SC)CCC1Cn1cc(Br)cc(C)c1=O. The molecule has 1 aliphatic rings. The summed E-state index contributed by atoms with van der Waals surface area (Å²) in [6.07, 6.45) is 8.75. The molecule has 100 valence electrons. The number of hydrogen-bond acceptors (Lipinski definition) is 3. The summed E-state index contributed by atoms with van der Waals surface area (Å²) in [5, 5.41) is 0. The van der Waals surface area contributed by atoms with E-state index in [4.69, 9.17) is 0 Å². The normalized spacial score (nSPS) is 21.7. The van der Waals surface area contributed by atoms with Crippen LogP contribution < -0.4 is 5.56 Å². The molecule has 2 nitrogen and oxygen atoms in total. The molecule has 1 aromatic rings. The van der Waals surface area contributed by atoms with Gasteiger partial charge in [-0.2, -0.15) is 0 Å². The fourth-order valence-corrected chi connectivity index (χ4v) is 5.50. The number of pyridine rings is 1. The van der Waals surface area contributed by atoms with Crippen LogP contribution >= 0.6 is 39.5 Å². The van der Waals surface area contributed by atoms with E-state index in [2.05, 4.69) is 28.4 Å². The Bertz CT molecular complexity index is 491. The minimum Gasteiger partial charge on any atom is -0.314 e. The second-order valence-electron chi connectivity index (χ2n) is 4.75. The number of rotatable bonds is 4. The van der Waals surface area contributed by atoms with Crippen molar-refractivity contribution in [2.75, 3.05) is 12.5 Å². The van der Waals surface area contributed by atoms with Gasteiger partial charge in [-0.3, -0.25) is 4.79 Å². The first-order valence-electron chi connectivity index (χ1n) is 5.99. The molecule has 1 atom stereocenters. The Labute approximate surface area is 125 Å². The Balaban J connectivity index is 2.23. The first-order valence-corrected chi connectivity index (χ1v) is 9.23. The van der Waals surface area contributed by atoms with Crippen molar-refractivity contribution in [1.29, 1.82) is 0 Å². The van der Waals surface area contributed by atoms with Crippen LogP contribution in [0.3, 0.4) is 0 Å². The lowest BCUT2D eigenvalue weighted by Crippen LogP contribution is -2.44. The van der Waals surface area contributed by atoms with Crippen LogP contribution in [0.15, 0.2) is 21.5 Å². The van der Waals surface area contributed by atoms with Crippen molar-refractivity contribution in [2.45, 2.75) is 30.4 Å². The summed E-state index contributed by atoms with van der Waals surface area (Å²) in [4.78, 5) is 12.1. The molecular weight excluding hydrogens is 330 g/mol. The Hall–Kier alpha value is 0.130. The van der Waals surface area contributed by atoms with E-state index in [0.29, 0.717) is 10.00 Å². The highest BCUT2D eigenvalue weighted by atomic mass is 79.9. The fraction of sp³-hybridized carbons (Fsp3) is 0.615. The lowest BCUT2D eigenvalue weighted by molar-refractivity contribution is 0.263. The summed E-state index contributed by atoms with van der Waals surface area (Å²) in [6, 6.07) is 1.88. The van der Waals surface area contributed by atoms with Gasteiger partial charge in [0.2, 0.25) is 0 Å². The maximum absolute atomic E-state index is 12.1. The number of thioether (sulfide) groups is 2. The number of nitrogens with zero attached hydrogens (tertiary/aromatic N) is 1. The van der Waals surface area contributed by atoms with Crippen LogP contribution in [0, 0.1) is 12.8 Å². The van der Waals surface area contributed by atoms with E-state index in [-0.39, 0.29) is 5.56 Å². The van der Waals surface area contributed by atoms with Crippen LogP contribution in [0.5, 0.6) is 0 Å². The van der Waals surface area contributed by atoms with Crippen LogP contribution in [0.1, 0.15) is 18.4 Å². The number of aromatic nitrogens is 1. The maximum Gasteiger partial charge on any atom is 0.253 e. The van der Waals surface area contributed by atoms with Gasteiger partial charge >= 0.3 is 0 Å². The third-order valence-corrected chi connectivity index (χ3v) is 7.69. The lowest BCUT2D eigenvalue weighted by Gasteiger charge is -2.47. The largest absolute Gasteiger partial charge is 0.314 e. The van der Waals surface area contributed by atoms with Crippen molar-refractivity contribution in [3.63, 3.8) is 0 Å². The Kier molecular flexibility index (Phi) is 4.55. The minimum absolute atomic E-state index is 0.140. The Morgan fingerprint density at radius 1 is 1.50 bits per heavy atom. The second kappa shape index (κ2) is 5.63. The quantitative estimate of drug-likeness (QED) is 0.774. The highest BCUT2D eigenvalue weighted by Crippen LogP contribution is 2.55. The van der Waals surface area contributed by atoms with E-state index in [1.807, 2.05) is 47.3 Å². The van der Waals surface area contributed by atoms with Gasteiger partial charge in [-0.15, -0.1) is 23.5 Å². The van der Waals surface area contributed by atoms with E-state index in [9.17, 15) is 4.79 Å². The van der Waals surface area contributed by atoms with Crippen molar-refractivity contribution in [1.82, 2.24) is 4.57 Å². The predicted octanol–water partition coefficient (Wildman–Crippen LogP) is 3.75. The van der Waals surface area contributed by atoms with Crippen molar-refractivity contribution in [2.24, 2.45) is 5.92 Å². The summed E-state index contributed by atoms with van der Waals surface area (Å²) in [5.41, 5.74) is 0.948. The maximum atomic E-state index is 12.1. The molecule has 0 aliphatic heterocycles. The van der Waals surface area contributed by atoms with Gasteiger partial charge in [0.05, 0.1) is 4.08 Å². The summed E-state index contributed by atoms with van der Waals surface area (Å²) in [7, 11) is 0. The van der Waals surface area contributed by atoms with E-state index >= 15 is 0 Å². The van der Waals surface area contributed by atoms with Crippen LogP contribution in [0.2, 0.25) is 0 Å². The van der Waals surface area contributed by atoms with Gasteiger partial charge in [-0.25, -0.2) is 0 Å². The zero-order valence-electron chi connectivity index (χ0n) is 10.9. The molecule has 5 heteroatoms. The third kappa shape index (κ3) is 2.54. The molecule has 0 saturated heterocycles. The average Bonchev–Trinajstić information content (AvgIpc) is 2.32. The highest BCUT2D eigenvalue weighted by molar-refractivity contribution is 9.10. The molecule has 0 radical (unpaired) electrons. The first kappa shape index (κ1) is 14.5. The van der Waals surface area contributed by atoms with Gasteiger partial charge in [0.25, 0.3) is 5.56 Å². The first-order chi connectivity index (χ1) is 8.52. The van der Waals surface area contributed by atoms with Crippen molar-refractivity contribution < 1.29 is 0 Å². The lowest BCUT2D eigenvalue weighted by atomic mass is 9.83. The third-order valence-electron chi connectivity index (χ3n) is 3.80.